The molecule has 0 atom stereocenters. The van der Waals surface area contributed by atoms with E-state index in [1.165, 1.54) is 12.1 Å². The fraction of sp³-hybridized carbons (Fsp3) is 0.522. The van der Waals surface area contributed by atoms with Crippen molar-refractivity contribution < 1.29 is 23.5 Å². The Morgan fingerprint density at radius 3 is 2.61 bits per heavy atom. The van der Waals surface area contributed by atoms with E-state index in [9.17, 15) is 18.4 Å². The zero-order valence-corrected chi connectivity index (χ0v) is 17.6. The molecule has 1 saturated carbocycles. The Hall–Kier alpha value is -2.77. The number of benzene rings is 1. The lowest BCUT2D eigenvalue weighted by Crippen LogP contribution is -2.38. The molecule has 8 heteroatoms. The molecular formula is C23H27F2N3O3. The van der Waals surface area contributed by atoms with Crippen LogP contribution >= 0.6 is 0 Å². The van der Waals surface area contributed by atoms with Crippen LogP contribution in [-0.2, 0) is 29.1 Å². The fourth-order valence-corrected chi connectivity index (χ4v) is 4.82. The molecule has 31 heavy (non-hydrogen) atoms. The third kappa shape index (κ3) is 4.62. The Kier molecular flexibility index (Phi) is 6.07. The van der Waals surface area contributed by atoms with Crippen molar-refractivity contribution in [1.82, 2.24) is 14.7 Å². The van der Waals surface area contributed by atoms with Gasteiger partial charge in [-0.2, -0.15) is 5.10 Å². The number of hydrogen-bond acceptors (Lipinski definition) is 3. The SMILES string of the molecule is Cc1nn(Cc2ccc(F)cc2F)c2c1CCN(C(=O)C[C@H]1CC[C@H](C(=O)O)CC1)C2. The molecule has 1 aliphatic heterocycles. The number of fused-ring (bicyclic) bond motifs is 1. The maximum Gasteiger partial charge on any atom is 0.306 e. The molecule has 1 amide bonds. The maximum atomic E-state index is 14.1. The predicted molar refractivity (Wildman–Crippen MR) is 109 cm³/mol. The van der Waals surface area contributed by atoms with Crippen LogP contribution in [0.1, 0.15) is 54.6 Å². The number of aromatic nitrogens is 2. The number of amides is 1. The van der Waals surface area contributed by atoms with Gasteiger partial charge in [-0.05, 0) is 56.6 Å². The van der Waals surface area contributed by atoms with E-state index in [1.54, 1.807) is 4.68 Å². The van der Waals surface area contributed by atoms with Gasteiger partial charge in [-0.15, -0.1) is 0 Å². The Morgan fingerprint density at radius 1 is 1.19 bits per heavy atom. The van der Waals surface area contributed by atoms with Crippen molar-refractivity contribution in [2.75, 3.05) is 6.54 Å². The number of carbonyl (C=O) groups is 2. The second-order valence-corrected chi connectivity index (χ2v) is 8.73. The summed E-state index contributed by atoms with van der Waals surface area (Å²) >= 11 is 0. The molecule has 2 aliphatic rings. The molecular weight excluding hydrogens is 404 g/mol. The van der Waals surface area contributed by atoms with Crippen molar-refractivity contribution in [1.29, 1.82) is 0 Å². The highest BCUT2D eigenvalue weighted by atomic mass is 19.1. The van der Waals surface area contributed by atoms with Crippen LogP contribution in [0.3, 0.4) is 0 Å². The average molecular weight is 431 g/mol. The molecule has 166 valence electrons. The Bertz CT molecular complexity index is 996. The first kappa shape index (κ1) is 21.5. The number of aryl methyl sites for hydroxylation is 1. The van der Waals surface area contributed by atoms with Gasteiger partial charge in [-0.25, -0.2) is 8.78 Å². The van der Waals surface area contributed by atoms with Gasteiger partial charge in [0, 0.05) is 24.6 Å². The zero-order valence-electron chi connectivity index (χ0n) is 17.6. The molecule has 0 spiro atoms. The first-order valence-corrected chi connectivity index (χ1v) is 10.8. The van der Waals surface area contributed by atoms with E-state index in [4.69, 9.17) is 5.11 Å². The molecule has 0 bridgehead atoms. The Morgan fingerprint density at radius 2 is 1.94 bits per heavy atom. The number of nitrogens with zero attached hydrogens (tertiary/aromatic N) is 3. The zero-order chi connectivity index (χ0) is 22.1. The number of halogens is 2. The molecule has 0 radical (unpaired) electrons. The summed E-state index contributed by atoms with van der Waals surface area (Å²) in [4.78, 5) is 25.9. The molecule has 0 unspecified atom stereocenters. The second-order valence-electron chi connectivity index (χ2n) is 8.73. The summed E-state index contributed by atoms with van der Waals surface area (Å²) in [6, 6.07) is 3.52. The van der Waals surface area contributed by atoms with Gasteiger partial charge < -0.3 is 10.0 Å². The molecule has 6 nitrogen and oxygen atoms in total. The lowest BCUT2D eigenvalue weighted by molar-refractivity contribution is -0.143. The molecule has 2 heterocycles. The summed E-state index contributed by atoms with van der Waals surface area (Å²) in [6.45, 7) is 3.13. The van der Waals surface area contributed by atoms with Crippen LogP contribution in [-0.4, -0.2) is 38.2 Å². The quantitative estimate of drug-likeness (QED) is 0.784. The molecule has 1 aromatic carbocycles. The van der Waals surface area contributed by atoms with Crippen molar-refractivity contribution in [3.8, 4) is 0 Å². The molecule has 1 aliphatic carbocycles. The van der Waals surface area contributed by atoms with Crippen LogP contribution in [0.2, 0.25) is 0 Å². The van der Waals surface area contributed by atoms with Crippen LogP contribution in [0.4, 0.5) is 8.78 Å². The van der Waals surface area contributed by atoms with Gasteiger partial charge in [-0.1, -0.05) is 6.07 Å². The molecule has 1 aromatic heterocycles. The third-order valence-electron chi connectivity index (χ3n) is 6.69. The van der Waals surface area contributed by atoms with Gasteiger partial charge in [0.15, 0.2) is 0 Å². The van der Waals surface area contributed by atoms with Gasteiger partial charge in [-0.3, -0.25) is 14.3 Å². The van der Waals surface area contributed by atoms with Gasteiger partial charge in [0.05, 0.1) is 30.4 Å². The minimum Gasteiger partial charge on any atom is -0.481 e. The lowest BCUT2D eigenvalue weighted by Gasteiger charge is -2.31. The van der Waals surface area contributed by atoms with Gasteiger partial charge in [0.1, 0.15) is 11.6 Å². The van der Waals surface area contributed by atoms with E-state index in [2.05, 4.69) is 5.10 Å². The highest BCUT2D eigenvalue weighted by molar-refractivity contribution is 5.77. The van der Waals surface area contributed by atoms with E-state index in [1.807, 2.05) is 11.8 Å². The van der Waals surface area contributed by atoms with Crippen molar-refractivity contribution in [2.45, 2.75) is 58.5 Å². The molecule has 4 rings (SSSR count). The summed E-state index contributed by atoms with van der Waals surface area (Å²) in [5.41, 5.74) is 3.21. The van der Waals surface area contributed by atoms with Crippen molar-refractivity contribution in [2.24, 2.45) is 11.8 Å². The van der Waals surface area contributed by atoms with E-state index in [0.717, 1.165) is 35.9 Å². The minimum atomic E-state index is -0.741. The van der Waals surface area contributed by atoms with E-state index in [0.29, 0.717) is 44.3 Å². The van der Waals surface area contributed by atoms with Crippen molar-refractivity contribution in [3.63, 3.8) is 0 Å². The standard InChI is InChI=1S/C23H27F2N3O3/c1-14-19-8-9-27(22(29)10-15-2-4-16(5-3-15)23(30)31)13-21(19)28(26-14)12-17-6-7-18(24)11-20(17)25/h6-7,11,15-16H,2-5,8-10,12-13H2,1H3,(H,30,31)/t15-,16-. The van der Waals surface area contributed by atoms with Crippen molar-refractivity contribution in [3.05, 3.63) is 52.3 Å². The number of carbonyl (C=O) groups excluding carboxylic acids is 1. The third-order valence-corrected chi connectivity index (χ3v) is 6.69. The first-order chi connectivity index (χ1) is 14.8. The lowest BCUT2D eigenvalue weighted by atomic mass is 9.80. The number of aliphatic carboxylic acids is 1. The maximum absolute atomic E-state index is 14.1. The topological polar surface area (TPSA) is 75.4 Å². The minimum absolute atomic E-state index is 0.0720. The molecule has 0 saturated heterocycles. The average Bonchev–Trinajstić information content (AvgIpc) is 3.05. The van der Waals surface area contributed by atoms with Gasteiger partial charge in [0.25, 0.3) is 0 Å². The summed E-state index contributed by atoms with van der Waals surface area (Å²) in [5, 5.41) is 13.7. The van der Waals surface area contributed by atoms with Crippen LogP contribution in [0.5, 0.6) is 0 Å². The van der Waals surface area contributed by atoms with Gasteiger partial charge >= 0.3 is 5.97 Å². The second kappa shape index (κ2) is 8.77. The highest BCUT2D eigenvalue weighted by Gasteiger charge is 2.31. The first-order valence-electron chi connectivity index (χ1n) is 10.8. The number of carboxylic acids is 1. The Labute approximate surface area is 179 Å². The summed E-state index contributed by atoms with van der Waals surface area (Å²) in [5.74, 6) is -1.95. The smallest absolute Gasteiger partial charge is 0.306 e. The molecule has 1 N–H and O–H groups in total. The summed E-state index contributed by atoms with van der Waals surface area (Å²) in [7, 11) is 0. The van der Waals surface area contributed by atoms with E-state index < -0.39 is 17.6 Å². The van der Waals surface area contributed by atoms with E-state index in [-0.39, 0.29) is 24.3 Å². The Balaban J connectivity index is 1.43. The number of carboxylic acid groups (broad SMARTS) is 1. The van der Waals surface area contributed by atoms with E-state index >= 15 is 0 Å². The van der Waals surface area contributed by atoms with Crippen LogP contribution < -0.4 is 0 Å². The van der Waals surface area contributed by atoms with Crippen molar-refractivity contribution >= 4 is 11.9 Å². The van der Waals surface area contributed by atoms with Crippen LogP contribution in [0.15, 0.2) is 18.2 Å². The normalized spacial score (nSPS) is 21.1. The summed E-state index contributed by atoms with van der Waals surface area (Å²) < 4.78 is 29.1. The van der Waals surface area contributed by atoms with Gasteiger partial charge in [0.2, 0.25) is 5.91 Å². The molecule has 2 aromatic rings. The summed E-state index contributed by atoms with van der Waals surface area (Å²) in [6.07, 6.45) is 3.93. The number of rotatable bonds is 5. The van der Waals surface area contributed by atoms with Crippen LogP contribution in [0, 0.1) is 30.4 Å². The van der Waals surface area contributed by atoms with Crippen LogP contribution in [0.25, 0.3) is 0 Å². The highest BCUT2D eigenvalue weighted by Crippen LogP contribution is 2.32. The largest absolute Gasteiger partial charge is 0.481 e. The monoisotopic (exact) mass is 431 g/mol. The molecule has 1 fully saturated rings. The number of hydrogen-bond donors (Lipinski definition) is 1. The fourth-order valence-electron chi connectivity index (χ4n) is 4.82. The predicted octanol–water partition coefficient (Wildman–Crippen LogP) is 3.68.